The van der Waals surface area contributed by atoms with Gasteiger partial charge in [-0.2, -0.15) is 0 Å². The topological polar surface area (TPSA) is 75.3 Å². The second kappa shape index (κ2) is 8.53. The molecule has 0 unspecified atom stereocenters. The second-order valence-corrected chi connectivity index (χ2v) is 9.26. The van der Waals surface area contributed by atoms with Gasteiger partial charge in [-0.1, -0.05) is 12.8 Å². The summed E-state index contributed by atoms with van der Waals surface area (Å²) in [5.41, 5.74) is 4.70. The molecule has 5 nitrogen and oxygen atoms in total. The molecule has 2 rings (SSSR count). The van der Waals surface area contributed by atoms with Crippen LogP contribution in [-0.4, -0.2) is 27.4 Å². The normalized spacial score (nSPS) is 15.4. The van der Waals surface area contributed by atoms with Gasteiger partial charge in [0.2, 0.25) is 15.9 Å². The van der Waals surface area contributed by atoms with Crippen molar-refractivity contribution in [3.63, 3.8) is 0 Å². The lowest BCUT2D eigenvalue weighted by Crippen LogP contribution is -2.33. The fraction of sp³-hybridized carbons (Fsp3) is 0.650. The molecule has 1 aromatic carbocycles. The van der Waals surface area contributed by atoms with E-state index in [0.717, 1.165) is 27.8 Å². The lowest BCUT2D eigenvalue weighted by atomic mass is 9.95. The van der Waals surface area contributed by atoms with Crippen molar-refractivity contribution < 1.29 is 13.2 Å². The molecular weight excluding hydrogens is 348 g/mol. The van der Waals surface area contributed by atoms with Crippen LogP contribution in [0.1, 0.15) is 59.9 Å². The first-order valence-corrected chi connectivity index (χ1v) is 11.0. The first kappa shape index (κ1) is 20.9. The third-order valence-electron chi connectivity index (χ3n) is 5.91. The fourth-order valence-electron chi connectivity index (χ4n) is 3.80. The van der Waals surface area contributed by atoms with Crippen molar-refractivity contribution >= 4 is 15.9 Å². The summed E-state index contributed by atoms with van der Waals surface area (Å²) in [5.74, 6) is 0.490. The maximum absolute atomic E-state index is 12.8. The van der Waals surface area contributed by atoms with E-state index >= 15 is 0 Å². The Hall–Kier alpha value is -1.40. The minimum atomic E-state index is -3.64. The molecule has 1 fully saturated rings. The van der Waals surface area contributed by atoms with Crippen molar-refractivity contribution in [3.8, 4) is 0 Å². The lowest BCUT2D eigenvalue weighted by molar-refractivity contribution is -0.121. The van der Waals surface area contributed by atoms with Crippen molar-refractivity contribution in [2.24, 2.45) is 5.92 Å². The van der Waals surface area contributed by atoms with Crippen LogP contribution < -0.4 is 10.0 Å². The average molecular weight is 381 g/mol. The van der Waals surface area contributed by atoms with E-state index in [1.807, 2.05) is 34.6 Å². The second-order valence-electron chi connectivity index (χ2n) is 7.56. The molecule has 26 heavy (non-hydrogen) atoms. The van der Waals surface area contributed by atoms with Crippen LogP contribution in [-0.2, 0) is 14.8 Å². The zero-order valence-corrected chi connectivity index (χ0v) is 17.5. The van der Waals surface area contributed by atoms with Gasteiger partial charge in [0, 0.05) is 19.5 Å². The Kier molecular flexibility index (Phi) is 6.86. The minimum Gasteiger partial charge on any atom is -0.356 e. The standard InChI is InChI=1S/C20H32N2O3S/c1-13-14(2)16(4)20(17(5)15(13)3)26(24,25)22-11-10-19(23)21-12-18-8-6-7-9-18/h18,22H,6-12H2,1-5H3,(H,21,23). The highest BCUT2D eigenvalue weighted by Gasteiger charge is 2.23. The first-order valence-electron chi connectivity index (χ1n) is 9.48. The molecule has 1 aliphatic rings. The first-order chi connectivity index (χ1) is 12.1. The van der Waals surface area contributed by atoms with Gasteiger partial charge in [0.25, 0.3) is 0 Å². The van der Waals surface area contributed by atoms with Crippen LogP contribution in [0.3, 0.4) is 0 Å². The number of nitrogens with one attached hydrogen (secondary N) is 2. The largest absolute Gasteiger partial charge is 0.356 e. The van der Waals surface area contributed by atoms with Crippen LogP contribution in [0.15, 0.2) is 4.90 Å². The Morgan fingerprint density at radius 2 is 1.42 bits per heavy atom. The lowest BCUT2D eigenvalue weighted by Gasteiger charge is -2.19. The fourth-order valence-corrected chi connectivity index (χ4v) is 5.43. The van der Waals surface area contributed by atoms with Gasteiger partial charge in [-0.25, -0.2) is 13.1 Å². The number of carbonyl (C=O) groups is 1. The SMILES string of the molecule is Cc1c(C)c(C)c(S(=O)(=O)NCCC(=O)NCC2CCCC2)c(C)c1C. The Balaban J connectivity index is 1.98. The smallest absolute Gasteiger partial charge is 0.241 e. The van der Waals surface area contributed by atoms with E-state index < -0.39 is 10.0 Å². The summed E-state index contributed by atoms with van der Waals surface area (Å²) in [6, 6.07) is 0. The molecule has 1 aliphatic carbocycles. The highest BCUT2D eigenvalue weighted by Crippen LogP contribution is 2.29. The minimum absolute atomic E-state index is 0.0932. The molecule has 0 aromatic heterocycles. The molecule has 1 amide bonds. The number of sulfonamides is 1. The number of hydrogen-bond acceptors (Lipinski definition) is 3. The van der Waals surface area contributed by atoms with Gasteiger partial charge >= 0.3 is 0 Å². The van der Waals surface area contributed by atoms with E-state index in [1.54, 1.807) is 0 Å². The molecule has 0 aliphatic heterocycles. The zero-order valence-electron chi connectivity index (χ0n) is 16.7. The van der Waals surface area contributed by atoms with E-state index in [1.165, 1.54) is 25.7 Å². The van der Waals surface area contributed by atoms with Crippen LogP contribution >= 0.6 is 0 Å². The molecule has 0 saturated heterocycles. The maximum atomic E-state index is 12.8. The van der Waals surface area contributed by atoms with Gasteiger partial charge in [0.1, 0.15) is 0 Å². The van der Waals surface area contributed by atoms with E-state index in [-0.39, 0.29) is 18.9 Å². The molecule has 146 valence electrons. The van der Waals surface area contributed by atoms with E-state index in [4.69, 9.17) is 0 Å². The molecule has 0 radical (unpaired) electrons. The number of carbonyl (C=O) groups excluding carboxylic acids is 1. The van der Waals surface area contributed by atoms with Crippen molar-refractivity contribution in [1.82, 2.24) is 10.0 Å². The Morgan fingerprint density at radius 3 is 1.96 bits per heavy atom. The van der Waals surface area contributed by atoms with Gasteiger partial charge in [-0.05, 0) is 81.2 Å². The van der Waals surface area contributed by atoms with Crippen LogP contribution in [0.5, 0.6) is 0 Å². The van der Waals surface area contributed by atoms with Crippen molar-refractivity contribution in [2.75, 3.05) is 13.1 Å². The predicted octanol–water partition coefficient (Wildman–Crippen LogP) is 3.20. The summed E-state index contributed by atoms with van der Waals surface area (Å²) in [6.07, 6.45) is 5.01. The van der Waals surface area contributed by atoms with E-state index in [2.05, 4.69) is 10.0 Å². The molecule has 1 saturated carbocycles. The zero-order chi connectivity index (χ0) is 19.5. The molecule has 6 heteroatoms. The Morgan fingerprint density at radius 1 is 0.923 bits per heavy atom. The molecular formula is C20H32N2O3S. The van der Waals surface area contributed by atoms with Gasteiger partial charge in [0.05, 0.1) is 4.90 Å². The molecule has 0 spiro atoms. The number of hydrogen-bond donors (Lipinski definition) is 2. The average Bonchev–Trinajstić information content (AvgIpc) is 3.09. The molecule has 2 N–H and O–H groups in total. The third-order valence-corrected chi connectivity index (χ3v) is 7.64. The van der Waals surface area contributed by atoms with E-state index in [0.29, 0.717) is 17.4 Å². The van der Waals surface area contributed by atoms with Gasteiger partial charge in [0.15, 0.2) is 0 Å². The van der Waals surface area contributed by atoms with Crippen LogP contribution in [0.2, 0.25) is 0 Å². The summed E-state index contributed by atoms with van der Waals surface area (Å²) in [4.78, 5) is 12.3. The van der Waals surface area contributed by atoms with Crippen LogP contribution in [0.25, 0.3) is 0 Å². The summed E-state index contributed by atoms with van der Waals surface area (Å²) >= 11 is 0. The molecule has 0 bridgehead atoms. The molecule has 0 atom stereocenters. The molecule has 1 aromatic rings. The van der Waals surface area contributed by atoms with Crippen LogP contribution in [0.4, 0.5) is 0 Å². The monoisotopic (exact) mass is 380 g/mol. The number of rotatable bonds is 7. The van der Waals surface area contributed by atoms with Gasteiger partial charge in [-0.15, -0.1) is 0 Å². The summed E-state index contributed by atoms with van der Waals surface area (Å²) in [5, 5.41) is 2.93. The van der Waals surface area contributed by atoms with Crippen molar-refractivity contribution in [2.45, 2.75) is 71.6 Å². The summed E-state index contributed by atoms with van der Waals surface area (Å²) in [7, 11) is -3.64. The third kappa shape index (κ3) is 4.65. The van der Waals surface area contributed by atoms with Gasteiger partial charge < -0.3 is 5.32 Å². The highest BCUT2D eigenvalue weighted by molar-refractivity contribution is 7.89. The maximum Gasteiger partial charge on any atom is 0.241 e. The predicted molar refractivity (Wildman–Crippen MR) is 105 cm³/mol. The van der Waals surface area contributed by atoms with Gasteiger partial charge in [-0.3, -0.25) is 4.79 Å². The molecule has 0 heterocycles. The summed E-state index contributed by atoms with van der Waals surface area (Å²) < 4.78 is 28.2. The number of benzene rings is 1. The summed E-state index contributed by atoms with van der Waals surface area (Å²) in [6.45, 7) is 10.4. The van der Waals surface area contributed by atoms with Crippen LogP contribution in [0, 0.1) is 40.5 Å². The quantitative estimate of drug-likeness (QED) is 0.763. The van der Waals surface area contributed by atoms with Crippen molar-refractivity contribution in [3.05, 3.63) is 27.8 Å². The number of amides is 1. The Labute approximate surface area is 158 Å². The van der Waals surface area contributed by atoms with Crippen molar-refractivity contribution in [1.29, 1.82) is 0 Å². The Bertz CT molecular complexity index is 750. The van der Waals surface area contributed by atoms with E-state index in [9.17, 15) is 13.2 Å². The highest BCUT2D eigenvalue weighted by atomic mass is 32.2.